The molecule has 0 saturated heterocycles. The number of carbonyl (C=O) groups excluding carboxylic acids is 1. The van der Waals surface area contributed by atoms with E-state index in [4.69, 9.17) is 5.73 Å². The van der Waals surface area contributed by atoms with Crippen LogP contribution in [0.25, 0.3) is 11.3 Å². The molecule has 0 unspecified atom stereocenters. The van der Waals surface area contributed by atoms with E-state index < -0.39 is 0 Å². The number of hydrogen-bond donors (Lipinski definition) is 2. The van der Waals surface area contributed by atoms with E-state index in [2.05, 4.69) is 10.3 Å². The average molecular weight is 334 g/mol. The molecule has 0 aliphatic carbocycles. The smallest absolute Gasteiger partial charge is 0.253 e. The molecule has 2 aromatic carbocycles. The Balaban J connectivity index is 1.64. The van der Waals surface area contributed by atoms with Gasteiger partial charge in [-0.05, 0) is 25.5 Å². The first kappa shape index (κ1) is 16.8. The van der Waals surface area contributed by atoms with Gasteiger partial charge in [0.2, 0.25) is 0 Å². The summed E-state index contributed by atoms with van der Waals surface area (Å²) in [6, 6.07) is 15.6. The summed E-state index contributed by atoms with van der Waals surface area (Å²) in [5.74, 6) is -0.151. The fourth-order valence-electron chi connectivity index (χ4n) is 2.81. The standard InChI is InChI=1S/C20H22N4O/c1-14-7-6-10-17(18(14)21)20(25)22-11-12-24-13-23-19(15(24)2)16-8-4-3-5-9-16/h3-10,13H,11-12,21H2,1-2H3,(H,22,25). The molecule has 0 fully saturated rings. The van der Waals surface area contributed by atoms with Crippen molar-refractivity contribution in [2.24, 2.45) is 0 Å². The number of para-hydroxylation sites is 1. The number of rotatable bonds is 5. The highest BCUT2D eigenvalue weighted by molar-refractivity contribution is 5.99. The first-order chi connectivity index (χ1) is 12.1. The molecule has 0 aliphatic rings. The molecule has 5 nitrogen and oxygen atoms in total. The van der Waals surface area contributed by atoms with Crippen LogP contribution >= 0.6 is 0 Å². The van der Waals surface area contributed by atoms with E-state index in [1.54, 1.807) is 6.07 Å². The molecular formula is C20H22N4O. The Labute approximate surface area is 147 Å². The second-order valence-electron chi connectivity index (χ2n) is 6.03. The molecule has 0 bridgehead atoms. The van der Waals surface area contributed by atoms with Gasteiger partial charge in [-0.25, -0.2) is 4.98 Å². The topological polar surface area (TPSA) is 72.9 Å². The minimum absolute atomic E-state index is 0.151. The van der Waals surface area contributed by atoms with Crippen LogP contribution < -0.4 is 11.1 Å². The van der Waals surface area contributed by atoms with Crippen LogP contribution in [0.2, 0.25) is 0 Å². The summed E-state index contributed by atoms with van der Waals surface area (Å²) < 4.78 is 2.04. The molecule has 1 heterocycles. The molecular weight excluding hydrogens is 312 g/mol. The Hall–Kier alpha value is -3.08. The Morgan fingerprint density at radius 1 is 1.12 bits per heavy atom. The van der Waals surface area contributed by atoms with Crippen LogP contribution in [-0.4, -0.2) is 22.0 Å². The van der Waals surface area contributed by atoms with Crippen molar-refractivity contribution in [3.05, 3.63) is 71.7 Å². The minimum atomic E-state index is -0.151. The van der Waals surface area contributed by atoms with Crippen molar-refractivity contribution in [1.29, 1.82) is 0 Å². The number of aromatic nitrogens is 2. The third kappa shape index (κ3) is 3.55. The number of nitrogens with zero attached hydrogens (tertiary/aromatic N) is 2. The highest BCUT2D eigenvalue weighted by Gasteiger charge is 2.11. The maximum atomic E-state index is 12.3. The van der Waals surface area contributed by atoms with E-state index in [9.17, 15) is 4.79 Å². The summed E-state index contributed by atoms with van der Waals surface area (Å²) in [5.41, 5.74) is 11.1. The van der Waals surface area contributed by atoms with Crippen LogP contribution in [-0.2, 0) is 6.54 Å². The van der Waals surface area contributed by atoms with Crippen molar-refractivity contribution in [3.8, 4) is 11.3 Å². The molecule has 5 heteroatoms. The predicted molar refractivity (Wildman–Crippen MR) is 100 cm³/mol. The first-order valence-corrected chi connectivity index (χ1v) is 8.28. The van der Waals surface area contributed by atoms with Gasteiger partial charge in [-0.15, -0.1) is 0 Å². The molecule has 1 aromatic heterocycles. The zero-order valence-electron chi connectivity index (χ0n) is 14.5. The summed E-state index contributed by atoms with van der Waals surface area (Å²) in [4.78, 5) is 16.8. The normalized spacial score (nSPS) is 10.6. The number of nitrogens with two attached hydrogens (primary N) is 1. The van der Waals surface area contributed by atoms with Crippen molar-refractivity contribution >= 4 is 11.6 Å². The molecule has 0 aliphatic heterocycles. The molecule has 0 atom stereocenters. The van der Waals surface area contributed by atoms with Crippen LogP contribution in [0.3, 0.4) is 0 Å². The van der Waals surface area contributed by atoms with E-state index in [1.807, 2.05) is 67.2 Å². The van der Waals surface area contributed by atoms with E-state index in [0.29, 0.717) is 24.3 Å². The van der Waals surface area contributed by atoms with Gasteiger partial charge in [0, 0.05) is 30.0 Å². The minimum Gasteiger partial charge on any atom is -0.398 e. The zero-order chi connectivity index (χ0) is 17.8. The molecule has 0 saturated carbocycles. The fraction of sp³-hybridized carbons (Fsp3) is 0.200. The third-order valence-corrected chi connectivity index (χ3v) is 4.35. The molecule has 128 valence electrons. The Morgan fingerprint density at radius 2 is 1.88 bits per heavy atom. The van der Waals surface area contributed by atoms with Gasteiger partial charge < -0.3 is 15.6 Å². The molecule has 25 heavy (non-hydrogen) atoms. The Kier molecular flexibility index (Phi) is 4.84. The van der Waals surface area contributed by atoms with E-state index in [-0.39, 0.29) is 5.91 Å². The van der Waals surface area contributed by atoms with Crippen molar-refractivity contribution in [1.82, 2.24) is 14.9 Å². The summed E-state index contributed by atoms with van der Waals surface area (Å²) >= 11 is 0. The van der Waals surface area contributed by atoms with Gasteiger partial charge in [-0.1, -0.05) is 42.5 Å². The largest absolute Gasteiger partial charge is 0.398 e. The number of imidazole rings is 1. The number of nitrogens with one attached hydrogen (secondary N) is 1. The summed E-state index contributed by atoms with van der Waals surface area (Å²) in [6.07, 6.45) is 1.81. The van der Waals surface area contributed by atoms with Crippen LogP contribution in [0.15, 0.2) is 54.9 Å². The van der Waals surface area contributed by atoms with Crippen molar-refractivity contribution in [3.63, 3.8) is 0 Å². The summed E-state index contributed by atoms with van der Waals surface area (Å²) in [5, 5.41) is 2.92. The quantitative estimate of drug-likeness (QED) is 0.704. The second kappa shape index (κ2) is 7.21. The lowest BCUT2D eigenvalue weighted by Crippen LogP contribution is -2.28. The molecule has 0 spiro atoms. The predicted octanol–water partition coefficient (Wildman–Crippen LogP) is 3.18. The van der Waals surface area contributed by atoms with E-state index in [0.717, 1.165) is 22.5 Å². The van der Waals surface area contributed by atoms with Gasteiger partial charge in [0.05, 0.1) is 17.6 Å². The zero-order valence-corrected chi connectivity index (χ0v) is 14.5. The monoisotopic (exact) mass is 334 g/mol. The highest BCUT2D eigenvalue weighted by atomic mass is 16.1. The molecule has 3 N–H and O–H groups in total. The molecule has 0 radical (unpaired) electrons. The summed E-state index contributed by atoms with van der Waals surface area (Å²) in [6.45, 7) is 5.10. The number of amides is 1. The van der Waals surface area contributed by atoms with E-state index >= 15 is 0 Å². The number of nitrogen functional groups attached to an aromatic ring is 1. The van der Waals surface area contributed by atoms with Crippen LogP contribution in [0.4, 0.5) is 5.69 Å². The van der Waals surface area contributed by atoms with Gasteiger partial charge in [0.1, 0.15) is 0 Å². The van der Waals surface area contributed by atoms with Crippen molar-refractivity contribution in [2.75, 3.05) is 12.3 Å². The van der Waals surface area contributed by atoms with Gasteiger partial charge in [-0.2, -0.15) is 0 Å². The lowest BCUT2D eigenvalue weighted by molar-refractivity contribution is 0.0953. The average Bonchev–Trinajstić information content (AvgIpc) is 2.99. The lowest BCUT2D eigenvalue weighted by Gasteiger charge is -2.10. The number of anilines is 1. The SMILES string of the molecule is Cc1cccc(C(=O)NCCn2cnc(-c3ccccc3)c2C)c1N. The fourth-order valence-corrected chi connectivity index (χ4v) is 2.81. The van der Waals surface area contributed by atoms with Gasteiger partial charge in [0.25, 0.3) is 5.91 Å². The molecule has 3 rings (SSSR count). The number of hydrogen-bond acceptors (Lipinski definition) is 3. The van der Waals surface area contributed by atoms with Crippen LogP contribution in [0.1, 0.15) is 21.6 Å². The summed E-state index contributed by atoms with van der Waals surface area (Å²) in [7, 11) is 0. The van der Waals surface area contributed by atoms with Crippen molar-refractivity contribution in [2.45, 2.75) is 20.4 Å². The van der Waals surface area contributed by atoms with E-state index in [1.165, 1.54) is 0 Å². The van der Waals surface area contributed by atoms with Gasteiger partial charge >= 0.3 is 0 Å². The number of benzene rings is 2. The van der Waals surface area contributed by atoms with Gasteiger partial charge in [0.15, 0.2) is 0 Å². The maximum absolute atomic E-state index is 12.3. The maximum Gasteiger partial charge on any atom is 0.253 e. The van der Waals surface area contributed by atoms with Crippen molar-refractivity contribution < 1.29 is 4.79 Å². The van der Waals surface area contributed by atoms with Crippen LogP contribution in [0.5, 0.6) is 0 Å². The van der Waals surface area contributed by atoms with Gasteiger partial charge in [-0.3, -0.25) is 4.79 Å². The Morgan fingerprint density at radius 3 is 2.64 bits per heavy atom. The third-order valence-electron chi connectivity index (χ3n) is 4.35. The Bertz CT molecular complexity index is 884. The second-order valence-corrected chi connectivity index (χ2v) is 6.03. The van der Waals surface area contributed by atoms with Crippen LogP contribution in [0, 0.1) is 13.8 Å². The lowest BCUT2D eigenvalue weighted by atomic mass is 10.1. The number of carbonyl (C=O) groups is 1. The first-order valence-electron chi connectivity index (χ1n) is 8.28. The molecule has 3 aromatic rings. The number of aryl methyl sites for hydroxylation is 1. The molecule has 1 amide bonds. The highest BCUT2D eigenvalue weighted by Crippen LogP contribution is 2.21.